The van der Waals surface area contributed by atoms with Crippen LogP contribution in [0.3, 0.4) is 0 Å². The number of carbonyl (C=O) groups excluding carboxylic acids is 1. The standard InChI is InChI=1S/C28H28FN3O2/c1-17-30-26-16-20(11-12-27(26)32(17)2)18-7-9-19(10-8-18)21-13-22(15-23(33)14-21)28(34)31-25-6-4-3-5-24(25)29/h3-12,16,21-23,33H,13-15H2,1-2H3,(H,31,34). The van der Waals surface area contributed by atoms with Crippen molar-refractivity contribution in [2.75, 3.05) is 5.32 Å². The molecule has 5 rings (SSSR count). The Hall–Kier alpha value is -3.51. The first kappa shape index (κ1) is 22.3. The van der Waals surface area contributed by atoms with Crippen LogP contribution in [0.5, 0.6) is 0 Å². The van der Waals surface area contributed by atoms with Gasteiger partial charge in [0.25, 0.3) is 0 Å². The smallest absolute Gasteiger partial charge is 0.227 e. The van der Waals surface area contributed by atoms with Gasteiger partial charge in [-0.1, -0.05) is 42.5 Å². The average molecular weight is 458 g/mol. The first-order valence-corrected chi connectivity index (χ1v) is 11.7. The van der Waals surface area contributed by atoms with E-state index in [2.05, 4.69) is 57.3 Å². The van der Waals surface area contributed by atoms with E-state index in [4.69, 9.17) is 0 Å². The number of benzene rings is 3. The van der Waals surface area contributed by atoms with Crippen LogP contribution in [0.4, 0.5) is 10.1 Å². The van der Waals surface area contributed by atoms with Crippen LogP contribution in [0.15, 0.2) is 66.7 Å². The minimum Gasteiger partial charge on any atom is -0.393 e. The Balaban J connectivity index is 1.32. The van der Waals surface area contributed by atoms with Gasteiger partial charge < -0.3 is 15.0 Å². The molecular formula is C28H28FN3O2. The molecule has 6 heteroatoms. The molecule has 0 radical (unpaired) electrons. The number of nitrogens with one attached hydrogen (secondary N) is 1. The zero-order chi connectivity index (χ0) is 23.8. The van der Waals surface area contributed by atoms with Crippen molar-refractivity contribution in [1.29, 1.82) is 0 Å². The fraction of sp³-hybridized carbons (Fsp3) is 0.286. The van der Waals surface area contributed by atoms with Gasteiger partial charge in [-0.15, -0.1) is 0 Å². The molecule has 1 aliphatic rings. The van der Waals surface area contributed by atoms with Gasteiger partial charge in [-0.05, 0) is 73.1 Å². The van der Waals surface area contributed by atoms with E-state index in [1.807, 2.05) is 14.0 Å². The third-order valence-corrected chi connectivity index (χ3v) is 7.00. The summed E-state index contributed by atoms with van der Waals surface area (Å²) in [4.78, 5) is 17.4. The molecular weight excluding hydrogens is 429 g/mol. The summed E-state index contributed by atoms with van der Waals surface area (Å²) in [6.07, 6.45) is 1.06. The highest BCUT2D eigenvalue weighted by atomic mass is 19.1. The van der Waals surface area contributed by atoms with E-state index < -0.39 is 11.9 Å². The van der Waals surface area contributed by atoms with Crippen LogP contribution in [-0.2, 0) is 11.8 Å². The quantitative estimate of drug-likeness (QED) is 0.421. The molecule has 0 saturated heterocycles. The van der Waals surface area contributed by atoms with Crippen molar-refractivity contribution < 1.29 is 14.3 Å². The third kappa shape index (κ3) is 4.33. The zero-order valence-electron chi connectivity index (χ0n) is 19.3. The monoisotopic (exact) mass is 457 g/mol. The van der Waals surface area contributed by atoms with Crippen LogP contribution in [0, 0.1) is 18.7 Å². The summed E-state index contributed by atoms with van der Waals surface area (Å²) >= 11 is 0. The number of fused-ring (bicyclic) bond motifs is 1. The normalized spacial score (nSPS) is 20.4. The molecule has 34 heavy (non-hydrogen) atoms. The maximum Gasteiger partial charge on any atom is 0.227 e. The lowest BCUT2D eigenvalue weighted by molar-refractivity contribution is -0.122. The van der Waals surface area contributed by atoms with Crippen molar-refractivity contribution in [1.82, 2.24) is 9.55 Å². The number of imidazole rings is 1. The SMILES string of the molecule is Cc1nc2cc(-c3ccc(C4CC(O)CC(C(=O)Nc5ccccc5F)C4)cc3)ccc2n1C. The molecule has 1 fully saturated rings. The molecule has 1 aliphatic carbocycles. The van der Waals surface area contributed by atoms with E-state index in [0.29, 0.717) is 19.3 Å². The number of aromatic nitrogens is 2. The molecule has 3 aromatic carbocycles. The Morgan fingerprint density at radius 1 is 1.03 bits per heavy atom. The fourth-order valence-corrected chi connectivity index (χ4v) is 5.02. The van der Waals surface area contributed by atoms with Gasteiger partial charge in [0, 0.05) is 13.0 Å². The summed E-state index contributed by atoms with van der Waals surface area (Å²) in [7, 11) is 2.02. The molecule has 1 aromatic heterocycles. The lowest BCUT2D eigenvalue weighted by Gasteiger charge is -2.32. The number of aryl methyl sites for hydroxylation is 2. The molecule has 4 aromatic rings. The lowest BCUT2D eigenvalue weighted by atomic mass is 9.76. The number of halogens is 1. The van der Waals surface area contributed by atoms with Crippen LogP contribution in [-0.4, -0.2) is 26.7 Å². The number of para-hydroxylation sites is 1. The number of aliphatic hydroxyl groups excluding tert-OH is 1. The Bertz CT molecular complexity index is 1350. The number of nitrogens with zero attached hydrogens (tertiary/aromatic N) is 2. The molecule has 0 spiro atoms. The van der Waals surface area contributed by atoms with Crippen molar-refractivity contribution in [2.45, 2.75) is 38.2 Å². The summed E-state index contributed by atoms with van der Waals surface area (Å²) in [6, 6.07) is 20.8. The lowest BCUT2D eigenvalue weighted by Crippen LogP contribution is -2.33. The summed E-state index contributed by atoms with van der Waals surface area (Å²) in [5.74, 6) is -0.0345. The molecule has 0 aliphatic heterocycles. The summed E-state index contributed by atoms with van der Waals surface area (Å²) in [6.45, 7) is 2.00. The third-order valence-electron chi connectivity index (χ3n) is 7.00. The molecule has 5 nitrogen and oxygen atoms in total. The minimum absolute atomic E-state index is 0.0649. The van der Waals surface area contributed by atoms with Crippen molar-refractivity contribution in [3.63, 3.8) is 0 Å². The predicted octanol–water partition coefficient (Wildman–Crippen LogP) is 5.57. The molecule has 174 valence electrons. The number of amides is 1. The second kappa shape index (κ2) is 9.03. The van der Waals surface area contributed by atoms with E-state index >= 15 is 0 Å². The first-order chi connectivity index (χ1) is 16.4. The van der Waals surface area contributed by atoms with E-state index in [1.165, 1.54) is 6.07 Å². The number of anilines is 1. The van der Waals surface area contributed by atoms with Crippen LogP contribution in [0.1, 0.15) is 36.6 Å². The van der Waals surface area contributed by atoms with Gasteiger partial charge in [-0.25, -0.2) is 9.37 Å². The van der Waals surface area contributed by atoms with Crippen molar-refractivity contribution in [3.05, 3.63) is 83.9 Å². The highest BCUT2D eigenvalue weighted by Gasteiger charge is 2.33. The van der Waals surface area contributed by atoms with Crippen molar-refractivity contribution in [2.24, 2.45) is 13.0 Å². The van der Waals surface area contributed by atoms with Gasteiger partial charge in [-0.2, -0.15) is 0 Å². The van der Waals surface area contributed by atoms with Gasteiger partial charge in [-0.3, -0.25) is 4.79 Å². The second-order valence-corrected chi connectivity index (χ2v) is 9.27. The van der Waals surface area contributed by atoms with Gasteiger partial charge in [0.15, 0.2) is 0 Å². The maximum absolute atomic E-state index is 14.0. The van der Waals surface area contributed by atoms with E-state index in [0.717, 1.165) is 33.5 Å². The first-order valence-electron chi connectivity index (χ1n) is 11.7. The molecule has 3 unspecified atom stereocenters. The van der Waals surface area contributed by atoms with Gasteiger partial charge in [0.1, 0.15) is 11.6 Å². The van der Waals surface area contributed by atoms with Gasteiger partial charge in [0.05, 0.1) is 22.8 Å². The van der Waals surface area contributed by atoms with Crippen LogP contribution >= 0.6 is 0 Å². The molecule has 0 bridgehead atoms. The highest BCUT2D eigenvalue weighted by molar-refractivity contribution is 5.92. The topological polar surface area (TPSA) is 67.2 Å². The Kier molecular flexibility index (Phi) is 5.92. The van der Waals surface area contributed by atoms with Crippen LogP contribution < -0.4 is 5.32 Å². The molecule has 3 atom stereocenters. The Morgan fingerprint density at radius 2 is 1.76 bits per heavy atom. The Morgan fingerprint density at radius 3 is 2.53 bits per heavy atom. The minimum atomic E-state index is -0.565. The number of hydrogen-bond acceptors (Lipinski definition) is 3. The number of aliphatic hydroxyl groups is 1. The van der Waals surface area contributed by atoms with Crippen molar-refractivity contribution in [3.8, 4) is 11.1 Å². The second-order valence-electron chi connectivity index (χ2n) is 9.27. The highest BCUT2D eigenvalue weighted by Crippen LogP contribution is 2.38. The van der Waals surface area contributed by atoms with Gasteiger partial charge >= 0.3 is 0 Å². The summed E-state index contributed by atoms with van der Waals surface area (Å²) in [5.41, 5.74) is 5.55. The van der Waals surface area contributed by atoms with Crippen molar-refractivity contribution >= 4 is 22.6 Å². The largest absolute Gasteiger partial charge is 0.393 e. The fourth-order valence-electron chi connectivity index (χ4n) is 5.02. The molecule has 1 amide bonds. The maximum atomic E-state index is 14.0. The summed E-state index contributed by atoms with van der Waals surface area (Å²) in [5, 5.41) is 13.2. The van der Waals surface area contributed by atoms with Crippen LogP contribution in [0.25, 0.3) is 22.2 Å². The summed E-state index contributed by atoms with van der Waals surface area (Å²) < 4.78 is 16.0. The van der Waals surface area contributed by atoms with E-state index in [9.17, 15) is 14.3 Å². The van der Waals surface area contributed by atoms with E-state index in [-0.39, 0.29) is 23.4 Å². The van der Waals surface area contributed by atoms with Gasteiger partial charge in [0.2, 0.25) is 5.91 Å². The number of carbonyl (C=O) groups is 1. The average Bonchev–Trinajstić information content (AvgIpc) is 3.13. The van der Waals surface area contributed by atoms with Crippen LogP contribution in [0.2, 0.25) is 0 Å². The molecule has 1 heterocycles. The Labute approximate surface area is 198 Å². The molecule has 1 saturated carbocycles. The van der Waals surface area contributed by atoms with E-state index in [1.54, 1.807) is 18.2 Å². The zero-order valence-corrected chi connectivity index (χ0v) is 19.3. The predicted molar refractivity (Wildman–Crippen MR) is 132 cm³/mol. The molecule has 2 N–H and O–H groups in total. The number of rotatable bonds is 4. The number of hydrogen-bond donors (Lipinski definition) is 2.